The van der Waals surface area contributed by atoms with E-state index in [2.05, 4.69) is 43.8 Å². The standard InChI is InChI=1S/C76H112N14O14S2/c1-51(2)60-49-55(24-30-62(60)90-63(70-64(103-7)21-18-22-65(70)104-8)50-61(83-90)71(96)82-76(73(98)99)56-25-23-53-45-54(47-56)48-57(76)46-53)72(97)85(5)40-19-38-84(4)39-20-41-86(6)75(106)81-59-28-26-58(27-29-59)80-74(105)79-37-14-11-17-44-89(102)69(95)34-32-67(93)78-36-13-10-16-43-88(101)68(94)33-31-66(92)77-35-12-9-15-42-87(100)52(3)91/h18,21-22,24,26-30,49-51,53-54,56-57,100-102H,9-17,19-20,23,25,31-48H2,1-8H3,(H,77,92)(H,78,93)(H,81,106)(H,82,96)(H,98,99)(H2,79,80,105). The molecular weight excluding hydrogens is 1400 g/mol. The van der Waals surface area contributed by atoms with Gasteiger partial charge >= 0.3 is 5.97 Å². The molecular formula is C76H112N14O14S2. The number of benzene rings is 3. The van der Waals surface area contributed by atoms with Crippen molar-refractivity contribution in [3.63, 3.8) is 0 Å². The van der Waals surface area contributed by atoms with Gasteiger partial charge in [0.1, 0.15) is 17.0 Å². The summed E-state index contributed by atoms with van der Waals surface area (Å²) in [5.74, 6) is -2.32. The zero-order valence-corrected chi connectivity index (χ0v) is 64.6. The maximum absolute atomic E-state index is 14.7. The molecule has 30 heteroatoms. The molecule has 4 aliphatic rings. The number of hydrogen-bond acceptors (Lipinski definition) is 17. The second kappa shape index (κ2) is 42.1. The molecule has 1 aromatic heterocycles. The number of hydrogen-bond donors (Lipinski definition) is 10. The Hall–Kier alpha value is -8.55. The molecule has 4 fully saturated rings. The Balaban J connectivity index is 0.739. The van der Waals surface area contributed by atoms with E-state index >= 15 is 0 Å². The Morgan fingerprint density at radius 3 is 1.67 bits per heavy atom. The van der Waals surface area contributed by atoms with Gasteiger partial charge in [-0.15, -0.1) is 0 Å². The summed E-state index contributed by atoms with van der Waals surface area (Å²) < 4.78 is 13.4. The van der Waals surface area contributed by atoms with Gasteiger partial charge in [-0.2, -0.15) is 5.10 Å². The first-order valence-electron chi connectivity index (χ1n) is 37.3. The summed E-state index contributed by atoms with van der Waals surface area (Å²) in [5, 5.41) is 66.8. The molecule has 8 rings (SSSR count). The van der Waals surface area contributed by atoms with Gasteiger partial charge < -0.3 is 61.2 Å². The van der Waals surface area contributed by atoms with Gasteiger partial charge in [0, 0.05) is 116 Å². The molecule has 28 nitrogen and oxygen atoms in total. The van der Waals surface area contributed by atoms with Crippen molar-refractivity contribution in [2.45, 2.75) is 167 Å². The van der Waals surface area contributed by atoms with Crippen LogP contribution in [0.2, 0.25) is 0 Å². The van der Waals surface area contributed by atoms with Crippen LogP contribution < -0.4 is 41.4 Å². The van der Waals surface area contributed by atoms with E-state index < -0.39 is 35.1 Å². The number of aromatic nitrogens is 2. The van der Waals surface area contributed by atoms with Gasteiger partial charge in [-0.3, -0.25) is 49.2 Å². The summed E-state index contributed by atoms with van der Waals surface area (Å²) in [6.07, 6.45) is 12.0. The number of nitrogens with zero attached hydrogens (tertiary/aromatic N) is 8. The fourth-order valence-electron chi connectivity index (χ4n) is 14.6. The van der Waals surface area contributed by atoms with E-state index in [0.717, 1.165) is 94.4 Å². The van der Waals surface area contributed by atoms with Gasteiger partial charge in [0.05, 0.1) is 31.2 Å². The minimum absolute atomic E-state index is 0.0618. The van der Waals surface area contributed by atoms with Crippen LogP contribution in [-0.4, -0.2) is 224 Å². The molecule has 0 radical (unpaired) electrons. The molecule has 4 aromatic rings. The number of thiocarbonyl (C=S) groups is 2. The number of aliphatic carboxylic acids is 1. The zero-order valence-electron chi connectivity index (χ0n) is 62.9. The Morgan fingerprint density at radius 1 is 0.594 bits per heavy atom. The third-order valence-corrected chi connectivity index (χ3v) is 21.1. The molecule has 106 heavy (non-hydrogen) atoms. The van der Waals surface area contributed by atoms with E-state index in [0.29, 0.717) is 149 Å². The van der Waals surface area contributed by atoms with Gasteiger partial charge in [0.2, 0.25) is 29.5 Å². The number of amides is 7. The van der Waals surface area contributed by atoms with Crippen molar-refractivity contribution >= 4 is 93.4 Å². The quantitative estimate of drug-likeness (QED) is 0.00853. The molecule has 3 aromatic carbocycles. The number of fused-ring (bicyclic) bond motifs is 1. The third-order valence-electron chi connectivity index (χ3n) is 20.5. The van der Waals surface area contributed by atoms with E-state index in [1.54, 1.807) is 35.9 Å². The number of carboxylic acids is 1. The minimum atomic E-state index is -1.39. The van der Waals surface area contributed by atoms with Crippen molar-refractivity contribution in [1.82, 2.24) is 60.9 Å². The molecule has 10 N–H and O–H groups in total. The van der Waals surface area contributed by atoms with E-state index in [1.807, 2.05) is 87.4 Å². The second-order valence-corrected chi connectivity index (χ2v) is 29.5. The highest BCUT2D eigenvalue weighted by atomic mass is 32.1. The third kappa shape index (κ3) is 24.8. The van der Waals surface area contributed by atoms with Crippen LogP contribution in [-0.2, 0) is 28.8 Å². The molecule has 7 amide bonds. The summed E-state index contributed by atoms with van der Waals surface area (Å²) in [6.45, 7) is 9.91. The molecule has 0 spiro atoms. The number of carbonyl (C=O) groups is 8. The molecule has 582 valence electrons. The average Bonchev–Trinajstić information content (AvgIpc) is 1.48. The minimum Gasteiger partial charge on any atom is -0.496 e. The lowest BCUT2D eigenvalue weighted by Gasteiger charge is -2.50. The molecule has 5 atom stereocenters. The lowest BCUT2D eigenvalue weighted by atomic mass is 9.58. The lowest BCUT2D eigenvalue weighted by Crippen LogP contribution is -2.66. The number of rotatable bonds is 43. The van der Waals surface area contributed by atoms with Crippen molar-refractivity contribution in [2.75, 3.05) is 111 Å². The van der Waals surface area contributed by atoms with Crippen molar-refractivity contribution in [1.29, 1.82) is 0 Å². The smallest absolute Gasteiger partial charge is 0.330 e. The van der Waals surface area contributed by atoms with Crippen molar-refractivity contribution < 1.29 is 68.6 Å². The summed E-state index contributed by atoms with van der Waals surface area (Å²) in [6, 6.07) is 20.3. The molecule has 4 aliphatic carbocycles. The van der Waals surface area contributed by atoms with Crippen LogP contribution in [0.5, 0.6) is 11.5 Å². The van der Waals surface area contributed by atoms with Crippen LogP contribution in [0.1, 0.15) is 188 Å². The van der Waals surface area contributed by atoms with Crippen LogP contribution in [0.3, 0.4) is 0 Å². The number of carboxylic acid groups (broad SMARTS) is 1. The van der Waals surface area contributed by atoms with Gasteiger partial charge in [0.25, 0.3) is 11.8 Å². The Labute approximate surface area is 633 Å². The highest BCUT2D eigenvalue weighted by Crippen LogP contribution is 2.56. The first-order chi connectivity index (χ1) is 50.7. The molecule has 0 saturated heterocycles. The predicted molar refractivity (Wildman–Crippen MR) is 411 cm³/mol. The second-order valence-electron chi connectivity index (χ2n) is 28.7. The van der Waals surface area contributed by atoms with Gasteiger partial charge in [-0.05, 0) is 243 Å². The Bertz CT molecular complexity index is 3610. The van der Waals surface area contributed by atoms with Crippen molar-refractivity contribution in [3.05, 3.63) is 83.6 Å². The highest BCUT2D eigenvalue weighted by Gasteiger charge is 2.60. The Morgan fingerprint density at radius 2 is 1.12 bits per heavy atom. The topological polar surface area (TPSA) is 345 Å². The van der Waals surface area contributed by atoms with Crippen LogP contribution in [0, 0.1) is 23.7 Å². The van der Waals surface area contributed by atoms with Gasteiger partial charge in [-0.1, -0.05) is 26.3 Å². The van der Waals surface area contributed by atoms with Crippen LogP contribution in [0.4, 0.5) is 11.4 Å². The highest BCUT2D eigenvalue weighted by molar-refractivity contribution is 7.80. The van der Waals surface area contributed by atoms with Crippen LogP contribution >= 0.6 is 24.4 Å². The molecule has 4 bridgehead atoms. The summed E-state index contributed by atoms with van der Waals surface area (Å²) in [4.78, 5) is 108. The average molecular weight is 1510 g/mol. The first-order valence-corrected chi connectivity index (χ1v) is 38.2. The summed E-state index contributed by atoms with van der Waals surface area (Å²) >= 11 is 11.3. The van der Waals surface area contributed by atoms with Crippen LogP contribution in [0.15, 0.2) is 66.7 Å². The zero-order chi connectivity index (χ0) is 77.0. The molecule has 1 heterocycles. The predicted octanol–water partition coefficient (Wildman–Crippen LogP) is 9.46. The van der Waals surface area contributed by atoms with E-state index in [-0.39, 0.29) is 86.5 Å². The van der Waals surface area contributed by atoms with Crippen molar-refractivity contribution in [3.8, 4) is 28.4 Å². The SMILES string of the molecule is COc1cccc(OC)c1-c1cc(C(=O)NC2(C(=O)O)C3CCC4CC(C3)CC2C4)nn1-c1ccc(C(=O)N(C)CCCN(C)CCCN(C)C(=S)Nc2ccc(NC(=S)NCCCCCN(O)C(=O)CCC(=O)NCCCCCN(O)C(=O)CCC(=O)NCCCCCN(O)C(C)=O)cc2)cc1C(C)C. The first kappa shape index (κ1) is 84.7. The van der Waals surface area contributed by atoms with Crippen molar-refractivity contribution in [2.24, 2.45) is 23.7 Å². The molecule has 0 aliphatic heterocycles. The number of unbranched alkanes of at least 4 members (excludes halogenated alkanes) is 6. The van der Waals surface area contributed by atoms with Crippen LogP contribution in [0.25, 0.3) is 16.9 Å². The van der Waals surface area contributed by atoms with E-state index in [9.17, 15) is 59.1 Å². The summed E-state index contributed by atoms with van der Waals surface area (Å²) in [5.41, 5.74) is 3.32. The molecule has 5 unspecified atom stereocenters. The van der Waals surface area contributed by atoms with E-state index in [4.69, 9.17) is 39.0 Å². The largest absolute Gasteiger partial charge is 0.496 e. The number of methoxy groups -OCH3 is 2. The lowest BCUT2D eigenvalue weighted by molar-refractivity contribution is -0.166. The number of anilines is 2. The van der Waals surface area contributed by atoms with E-state index in [1.165, 1.54) is 6.92 Å². The normalized spacial score (nSPS) is 17.0. The van der Waals surface area contributed by atoms with Gasteiger partial charge in [-0.25, -0.2) is 24.7 Å². The van der Waals surface area contributed by atoms with Gasteiger partial charge in [0.15, 0.2) is 15.9 Å². The number of carbonyl (C=O) groups excluding carboxylic acids is 7. The monoisotopic (exact) mass is 1510 g/mol. The Kier molecular flexibility index (Phi) is 33.7. The maximum Gasteiger partial charge on any atom is 0.330 e. The molecule has 4 saturated carbocycles. The maximum atomic E-state index is 14.7. The number of nitrogens with one attached hydrogen (secondary N) is 6. The number of ether oxygens (including phenoxy) is 2. The fraction of sp³-hybridized carbons (Fsp3) is 0.592. The number of hydroxylamine groups is 6. The fourth-order valence-corrected chi connectivity index (χ4v) is 15.0. The summed E-state index contributed by atoms with van der Waals surface area (Å²) in [7, 11) is 8.95.